The van der Waals surface area contributed by atoms with E-state index in [1.807, 2.05) is 30.3 Å². The average Bonchev–Trinajstić information content (AvgIpc) is 2.72. The molecule has 4 heteroatoms. The maximum Gasteiger partial charge on any atom is 0.308 e. The van der Waals surface area contributed by atoms with E-state index in [0.29, 0.717) is 5.69 Å². The van der Waals surface area contributed by atoms with Crippen molar-refractivity contribution in [2.45, 2.75) is 12.5 Å². The number of para-hydroxylation sites is 1. The van der Waals surface area contributed by atoms with E-state index in [1.165, 1.54) is 7.11 Å². The number of fused-ring (bicyclic) bond motifs is 1. The van der Waals surface area contributed by atoms with Gasteiger partial charge in [-0.15, -0.1) is 0 Å². The van der Waals surface area contributed by atoms with E-state index in [9.17, 15) is 9.90 Å². The number of hydrogen-bond acceptors (Lipinski definition) is 3. The minimum Gasteiger partial charge on any atom is -0.469 e. The zero-order chi connectivity index (χ0) is 11.5. The minimum atomic E-state index is -0.847. The Hall–Kier alpha value is -1.81. The zero-order valence-corrected chi connectivity index (χ0v) is 8.93. The maximum absolute atomic E-state index is 11.0. The number of aliphatic hydroxyl groups excluding tert-OH is 1. The highest BCUT2D eigenvalue weighted by Crippen LogP contribution is 2.21. The van der Waals surface area contributed by atoms with Crippen LogP contribution >= 0.6 is 0 Å². The van der Waals surface area contributed by atoms with Crippen LogP contribution in [0.1, 0.15) is 18.2 Å². The molecule has 0 aliphatic heterocycles. The number of rotatable bonds is 3. The van der Waals surface area contributed by atoms with Gasteiger partial charge < -0.3 is 14.8 Å². The van der Waals surface area contributed by atoms with Crippen LogP contribution in [0, 0.1) is 0 Å². The Morgan fingerprint density at radius 1 is 1.50 bits per heavy atom. The monoisotopic (exact) mass is 219 g/mol. The molecule has 0 saturated heterocycles. The van der Waals surface area contributed by atoms with Crippen LogP contribution in [0.25, 0.3) is 10.9 Å². The maximum atomic E-state index is 11.0. The summed E-state index contributed by atoms with van der Waals surface area (Å²) in [4.78, 5) is 14.1. The first-order chi connectivity index (χ1) is 7.70. The number of hydrogen-bond donors (Lipinski definition) is 2. The summed E-state index contributed by atoms with van der Waals surface area (Å²) in [6.07, 6.45) is -0.886. The molecule has 0 bridgehead atoms. The standard InChI is InChI=1S/C12H13NO3/c1-16-12(15)7-11(14)10-6-8-4-2-3-5-9(8)13-10/h2-6,11,13-14H,7H2,1H3/t11-/m1/s1. The topological polar surface area (TPSA) is 62.3 Å². The number of benzene rings is 1. The molecule has 4 nitrogen and oxygen atoms in total. The smallest absolute Gasteiger partial charge is 0.308 e. The highest BCUT2D eigenvalue weighted by atomic mass is 16.5. The van der Waals surface area contributed by atoms with Gasteiger partial charge in [-0.25, -0.2) is 0 Å². The molecule has 0 fully saturated rings. The van der Waals surface area contributed by atoms with E-state index in [4.69, 9.17) is 0 Å². The first kappa shape index (κ1) is 10.7. The molecule has 2 N–H and O–H groups in total. The summed E-state index contributed by atoms with van der Waals surface area (Å²) in [6, 6.07) is 9.54. The van der Waals surface area contributed by atoms with Crippen molar-refractivity contribution in [2.24, 2.45) is 0 Å². The fraction of sp³-hybridized carbons (Fsp3) is 0.250. The van der Waals surface area contributed by atoms with E-state index >= 15 is 0 Å². The fourth-order valence-electron chi connectivity index (χ4n) is 1.63. The summed E-state index contributed by atoms with van der Waals surface area (Å²) in [5.41, 5.74) is 1.58. The molecule has 2 rings (SSSR count). The third-order valence-corrected chi connectivity index (χ3v) is 2.50. The van der Waals surface area contributed by atoms with Gasteiger partial charge in [-0.2, -0.15) is 0 Å². The first-order valence-corrected chi connectivity index (χ1v) is 5.03. The Bertz CT molecular complexity index is 471. The third kappa shape index (κ3) is 2.06. The van der Waals surface area contributed by atoms with E-state index in [-0.39, 0.29) is 6.42 Å². The highest BCUT2D eigenvalue weighted by Gasteiger charge is 2.15. The molecule has 0 aliphatic carbocycles. The number of H-pyrrole nitrogens is 1. The molecule has 0 radical (unpaired) electrons. The van der Waals surface area contributed by atoms with Gasteiger partial charge in [0.05, 0.1) is 13.5 Å². The molecule has 0 spiro atoms. The predicted octanol–water partition coefficient (Wildman–Crippen LogP) is 1.76. The van der Waals surface area contributed by atoms with Gasteiger partial charge in [0.25, 0.3) is 0 Å². The molecule has 1 aromatic heterocycles. The van der Waals surface area contributed by atoms with Crippen LogP contribution in [0.15, 0.2) is 30.3 Å². The number of aromatic nitrogens is 1. The molecular formula is C12H13NO3. The second kappa shape index (κ2) is 4.37. The van der Waals surface area contributed by atoms with Crippen LogP contribution in [0.3, 0.4) is 0 Å². The molecule has 0 unspecified atom stereocenters. The Labute approximate surface area is 92.9 Å². The summed E-state index contributed by atoms with van der Waals surface area (Å²) >= 11 is 0. The minimum absolute atomic E-state index is 0.0384. The lowest BCUT2D eigenvalue weighted by atomic mass is 10.2. The number of carbonyl (C=O) groups is 1. The van der Waals surface area contributed by atoms with Gasteiger partial charge in [-0.05, 0) is 17.5 Å². The van der Waals surface area contributed by atoms with Crippen molar-refractivity contribution in [3.8, 4) is 0 Å². The van der Waals surface area contributed by atoms with Crippen LogP contribution < -0.4 is 0 Å². The molecule has 1 atom stereocenters. The lowest BCUT2D eigenvalue weighted by molar-refractivity contribution is -0.142. The van der Waals surface area contributed by atoms with Crippen molar-refractivity contribution < 1.29 is 14.6 Å². The summed E-state index contributed by atoms with van der Waals surface area (Å²) < 4.78 is 4.50. The second-order valence-corrected chi connectivity index (χ2v) is 3.61. The van der Waals surface area contributed by atoms with Crippen molar-refractivity contribution in [1.82, 2.24) is 4.98 Å². The van der Waals surface area contributed by atoms with Gasteiger partial charge in [0.2, 0.25) is 0 Å². The third-order valence-electron chi connectivity index (χ3n) is 2.50. The van der Waals surface area contributed by atoms with Gasteiger partial charge in [-0.1, -0.05) is 18.2 Å². The van der Waals surface area contributed by atoms with Crippen molar-refractivity contribution in [1.29, 1.82) is 0 Å². The quantitative estimate of drug-likeness (QED) is 0.773. The number of esters is 1. The Balaban J connectivity index is 2.23. The highest BCUT2D eigenvalue weighted by molar-refractivity contribution is 5.80. The van der Waals surface area contributed by atoms with Crippen LogP contribution in [-0.2, 0) is 9.53 Å². The van der Waals surface area contributed by atoms with Crippen LogP contribution in [-0.4, -0.2) is 23.2 Å². The molecule has 16 heavy (non-hydrogen) atoms. The molecule has 1 heterocycles. The van der Waals surface area contributed by atoms with Crippen LogP contribution in [0.2, 0.25) is 0 Å². The van der Waals surface area contributed by atoms with Gasteiger partial charge in [0.15, 0.2) is 0 Å². The largest absolute Gasteiger partial charge is 0.469 e. The average molecular weight is 219 g/mol. The summed E-state index contributed by atoms with van der Waals surface area (Å²) in [6.45, 7) is 0. The molecule has 84 valence electrons. The van der Waals surface area contributed by atoms with E-state index in [2.05, 4.69) is 9.72 Å². The second-order valence-electron chi connectivity index (χ2n) is 3.61. The Kier molecular flexibility index (Phi) is 2.92. The van der Waals surface area contributed by atoms with Crippen molar-refractivity contribution in [3.63, 3.8) is 0 Å². The summed E-state index contributed by atoms with van der Waals surface area (Å²) in [5.74, 6) is -0.425. The molecule has 0 amide bonds. The van der Waals surface area contributed by atoms with Crippen molar-refractivity contribution >= 4 is 16.9 Å². The molecule has 2 aromatic rings. The number of nitrogens with one attached hydrogen (secondary N) is 1. The van der Waals surface area contributed by atoms with Gasteiger partial charge in [-0.3, -0.25) is 4.79 Å². The van der Waals surface area contributed by atoms with E-state index in [0.717, 1.165) is 10.9 Å². The number of aromatic amines is 1. The Morgan fingerprint density at radius 2 is 2.25 bits per heavy atom. The van der Waals surface area contributed by atoms with Crippen LogP contribution in [0.4, 0.5) is 0 Å². The lowest BCUT2D eigenvalue weighted by Gasteiger charge is -2.06. The SMILES string of the molecule is COC(=O)C[C@@H](O)c1cc2ccccc2[nH]1. The Morgan fingerprint density at radius 3 is 2.94 bits per heavy atom. The molecule has 0 saturated carbocycles. The number of aliphatic hydroxyl groups is 1. The lowest BCUT2D eigenvalue weighted by Crippen LogP contribution is -2.08. The van der Waals surface area contributed by atoms with Gasteiger partial charge >= 0.3 is 5.97 Å². The summed E-state index contributed by atoms with van der Waals surface area (Å²) in [5, 5.41) is 10.8. The normalized spacial score (nSPS) is 12.6. The predicted molar refractivity (Wildman–Crippen MR) is 59.9 cm³/mol. The number of carbonyl (C=O) groups excluding carboxylic acids is 1. The van der Waals surface area contributed by atoms with E-state index in [1.54, 1.807) is 0 Å². The number of ether oxygens (including phenoxy) is 1. The fourth-order valence-corrected chi connectivity index (χ4v) is 1.63. The van der Waals surface area contributed by atoms with Crippen LogP contribution in [0.5, 0.6) is 0 Å². The van der Waals surface area contributed by atoms with Crippen molar-refractivity contribution in [3.05, 3.63) is 36.0 Å². The van der Waals surface area contributed by atoms with Crippen molar-refractivity contribution in [2.75, 3.05) is 7.11 Å². The summed E-state index contributed by atoms with van der Waals surface area (Å²) in [7, 11) is 1.31. The molecule has 0 aliphatic rings. The number of methoxy groups -OCH3 is 1. The van der Waals surface area contributed by atoms with Gasteiger partial charge in [0, 0.05) is 11.2 Å². The van der Waals surface area contributed by atoms with Gasteiger partial charge in [0.1, 0.15) is 6.10 Å². The zero-order valence-electron chi connectivity index (χ0n) is 8.93. The van der Waals surface area contributed by atoms with E-state index < -0.39 is 12.1 Å². The molecular weight excluding hydrogens is 206 g/mol. The first-order valence-electron chi connectivity index (χ1n) is 5.03. The molecule has 1 aromatic carbocycles.